The Morgan fingerprint density at radius 2 is 1.97 bits per heavy atom. The quantitative estimate of drug-likeness (QED) is 0.561. The van der Waals surface area contributed by atoms with Crippen molar-refractivity contribution in [2.45, 2.75) is 44.2 Å². The first-order valence-electron chi connectivity index (χ1n) is 10.7. The van der Waals surface area contributed by atoms with Crippen LogP contribution < -0.4 is 14.8 Å². The summed E-state index contributed by atoms with van der Waals surface area (Å²) in [6, 6.07) is 3.50. The number of aliphatic hydroxyl groups is 1. The second-order valence-electron chi connectivity index (χ2n) is 8.58. The van der Waals surface area contributed by atoms with Gasteiger partial charge in [0.1, 0.15) is 6.10 Å². The average molecular weight is 443 g/mol. The van der Waals surface area contributed by atoms with E-state index in [1.165, 1.54) is 0 Å². The number of aromatic amines is 1. The largest absolute Gasteiger partial charge is 0.480 e. The third-order valence-corrected chi connectivity index (χ3v) is 5.42. The van der Waals surface area contributed by atoms with Crippen LogP contribution in [0.2, 0.25) is 0 Å². The third-order valence-electron chi connectivity index (χ3n) is 5.42. The van der Waals surface area contributed by atoms with Gasteiger partial charge in [-0.1, -0.05) is 6.08 Å². The van der Waals surface area contributed by atoms with Crippen molar-refractivity contribution < 1.29 is 19.3 Å². The molecule has 1 unspecified atom stereocenters. The van der Waals surface area contributed by atoms with E-state index in [1.54, 1.807) is 39.3 Å². The number of methoxy groups -OCH3 is 1. The highest BCUT2D eigenvalue weighted by molar-refractivity contribution is 5.74. The molecule has 3 N–H and O–H groups in total. The molecule has 32 heavy (non-hydrogen) atoms. The summed E-state index contributed by atoms with van der Waals surface area (Å²) < 4.78 is 17.3. The van der Waals surface area contributed by atoms with Gasteiger partial charge < -0.3 is 24.6 Å². The standard InChI is InChI=1S/C22H30N6O4/c1-21(2,29)15-31-22(9-6-16(12-23-22)17-13-24-25-14-17)28-10-7-18(8-11-28)32-20-5-4-19(30-3)26-27-20/h4-6,9,12-14,18,23,29H,7-8,10-11,15H2,1-3H3,(H,24,25). The van der Waals surface area contributed by atoms with Crippen molar-refractivity contribution in [1.82, 2.24) is 30.6 Å². The molecule has 10 heteroatoms. The molecule has 1 atom stereocenters. The summed E-state index contributed by atoms with van der Waals surface area (Å²) in [5.74, 6) is 0.0923. The van der Waals surface area contributed by atoms with Gasteiger partial charge in [0.2, 0.25) is 17.6 Å². The van der Waals surface area contributed by atoms with Crippen LogP contribution in [-0.4, -0.2) is 74.8 Å². The fourth-order valence-corrected chi connectivity index (χ4v) is 3.69. The lowest BCUT2D eigenvalue weighted by Crippen LogP contribution is -2.62. The molecule has 2 aromatic rings. The lowest BCUT2D eigenvalue weighted by Gasteiger charge is -2.46. The molecule has 0 spiro atoms. The molecular weight excluding hydrogens is 412 g/mol. The maximum atomic E-state index is 10.2. The Morgan fingerprint density at radius 1 is 1.22 bits per heavy atom. The fraction of sp³-hybridized carbons (Fsp3) is 0.500. The Bertz CT molecular complexity index is 930. The van der Waals surface area contributed by atoms with Crippen LogP contribution in [0, 0.1) is 0 Å². The van der Waals surface area contributed by atoms with Crippen LogP contribution in [0.3, 0.4) is 0 Å². The van der Waals surface area contributed by atoms with Crippen LogP contribution in [0.5, 0.6) is 11.8 Å². The minimum Gasteiger partial charge on any atom is -0.480 e. The van der Waals surface area contributed by atoms with Crippen molar-refractivity contribution in [3.8, 4) is 11.8 Å². The number of ether oxygens (including phenoxy) is 3. The van der Waals surface area contributed by atoms with Gasteiger partial charge in [0.05, 0.1) is 25.5 Å². The van der Waals surface area contributed by atoms with Gasteiger partial charge in [-0.3, -0.25) is 10.00 Å². The number of allylic oxidation sites excluding steroid dienone is 2. The normalized spacial score (nSPS) is 22.3. The van der Waals surface area contributed by atoms with Gasteiger partial charge in [-0.25, -0.2) is 0 Å². The number of nitrogens with one attached hydrogen (secondary N) is 2. The summed E-state index contributed by atoms with van der Waals surface area (Å²) >= 11 is 0. The van der Waals surface area contributed by atoms with E-state index in [1.807, 2.05) is 24.5 Å². The van der Waals surface area contributed by atoms with E-state index >= 15 is 0 Å². The second kappa shape index (κ2) is 9.27. The molecule has 0 saturated carbocycles. The topological polar surface area (TPSA) is 118 Å². The van der Waals surface area contributed by atoms with Gasteiger partial charge in [-0.15, -0.1) is 10.2 Å². The highest BCUT2D eigenvalue weighted by Crippen LogP contribution is 2.29. The van der Waals surface area contributed by atoms with E-state index in [9.17, 15) is 5.11 Å². The van der Waals surface area contributed by atoms with Gasteiger partial charge in [0, 0.05) is 48.8 Å². The number of H-pyrrole nitrogens is 1. The Balaban J connectivity index is 1.41. The number of dihydropyridines is 1. The van der Waals surface area contributed by atoms with E-state index in [0.717, 1.165) is 37.1 Å². The Morgan fingerprint density at radius 3 is 2.53 bits per heavy atom. The Labute approximate surface area is 187 Å². The van der Waals surface area contributed by atoms with E-state index < -0.39 is 11.4 Å². The van der Waals surface area contributed by atoms with Crippen LogP contribution in [0.4, 0.5) is 0 Å². The molecule has 2 aliphatic heterocycles. The monoisotopic (exact) mass is 442 g/mol. The molecule has 2 aliphatic rings. The Hall–Kier alpha value is -2.95. The van der Waals surface area contributed by atoms with E-state index in [2.05, 4.69) is 30.6 Å². The predicted octanol–water partition coefficient (Wildman–Crippen LogP) is 1.69. The lowest BCUT2D eigenvalue weighted by molar-refractivity contribution is -0.177. The molecule has 0 aliphatic carbocycles. The molecule has 4 heterocycles. The summed E-state index contributed by atoms with van der Waals surface area (Å²) in [4.78, 5) is 2.22. The third kappa shape index (κ3) is 5.26. The van der Waals surface area contributed by atoms with Crippen LogP contribution in [-0.2, 0) is 4.74 Å². The van der Waals surface area contributed by atoms with Crippen molar-refractivity contribution >= 4 is 5.57 Å². The molecule has 0 amide bonds. The summed E-state index contributed by atoms with van der Waals surface area (Å²) in [5, 5.41) is 28.5. The second-order valence-corrected chi connectivity index (χ2v) is 8.58. The van der Waals surface area contributed by atoms with Gasteiger partial charge >= 0.3 is 0 Å². The van der Waals surface area contributed by atoms with Crippen molar-refractivity contribution in [2.75, 3.05) is 26.8 Å². The summed E-state index contributed by atoms with van der Waals surface area (Å²) in [5.41, 5.74) is 1.03. The van der Waals surface area contributed by atoms with Crippen LogP contribution in [0.1, 0.15) is 32.3 Å². The molecule has 0 aromatic carbocycles. The van der Waals surface area contributed by atoms with Crippen LogP contribution >= 0.6 is 0 Å². The number of aromatic nitrogens is 4. The highest BCUT2D eigenvalue weighted by Gasteiger charge is 2.40. The maximum Gasteiger partial charge on any atom is 0.233 e. The first-order valence-corrected chi connectivity index (χ1v) is 10.7. The zero-order valence-corrected chi connectivity index (χ0v) is 18.6. The van der Waals surface area contributed by atoms with E-state index in [4.69, 9.17) is 14.2 Å². The van der Waals surface area contributed by atoms with Gasteiger partial charge in [-0.2, -0.15) is 5.10 Å². The van der Waals surface area contributed by atoms with Crippen molar-refractivity contribution in [3.05, 3.63) is 48.4 Å². The molecule has 172 valence electrons. The van der Waals surface area contributed by atoms with Crippen molar-refractivity contribution in [2.24, 2.45) is 0 Å². The van der Waals surface area contributed by atoms with Gasteiger partial charge in [0.25, 0.3) is 0 Å². The number of hydrogen-bond acceptors (Lipinski definition) is 9. The molecule has 4 rings (SSSR count). The minimum atomic E-state index is -0.953. The molecule has 1 saturated heterocycles. The summed E-state index contributed by atoms with van der Waals surface area (Å²) in [6.45, 7) is 5.13. The minimum absolute atomic E-state index is 0.0323. The molecule has 10 nitrogen and oxygen atoms in total. The molecule has 2 aromatic heterocycles. The average Bonchev–Trinajstić information content (AvgIpc) is 3.34. The van der Waals surface area contributed by atoms with Gasteiger partial charge in [-0.05, 0) is 32.8 Å². The summed E-state index contributed by atoms with van der Waals surface area (Å²) in [7, 11) is 1.55. The number of nitrogens with zero attached hydrogens (tertiary/aromatic N) is 4. The van der Waals surface area contributed by atoms with E-state index in [-0.39, 0.29) is 12.7 Å². The summed E-state index contributed by atoms with van der Waals surface area (Å²) in [6.07, 6.45) is 11.2. The smallest absolute Gasteiger partial charge is 0.233 e. The van der Waals surface area contributed by atoms with Crippen LogP contribution in [0.15, 0.2) is 42.9 Å². The van der Waals surface area contributed by atoms with Crippen LogP contribution in [0.25, 0.3) is 5.57 Å². The van der Waals surface area contributed by atoms with Crippen molar-refractivity contribution in [1.29, 1.82) is 0 Å². The maximum absolute atomic E-state index is 10.2. The van der Waals surface area contributed by atoms with Crippen molar-refractivity contribution in [3.63, 3.8) is 0 Å². The molecule has 1 fully saturated rings. The fourth-order valence-electron chi connectivity index (χ4n) is 3.69. The van der Waals surface area contributed by atoms with Gasteiger partial charge in [0.15, 0.2) is 0 Å². The number of piperidine rings is 1. The number of likely N-dealkylation sites (tertiary alicyclic amines) is 1. The zero-order valence-electron chi connectivity index (χ0n) is 18.6. The SMILES string of the molecule is COc1ccc(OC2CCN(C3(OCC(C)(C)O)C=CC(c4cn[nH]c4)=CN3)CC2)nn1. The molecule has 0 radical (unpaired) electrons. The van der Waals surface area contributed by atoms with E-state index in [0.29, 0.717) is 11.8 Å². The predicted molar refractivity (Wildman–Crippen MR) is 118 cm³/mol. The lowest BCUT2D eigenvalue weighted by atomic mass is 10.0. The number of hydrogen-bond donors (Lipinski definition) is 3. The molecule has 0 bridgehead atoms. The highest BCUT2D eigenvalue weighted by atomic mass is 16.5. The zero-order chi connectivity index (χ0) is 22.6. The Kier molecular flexibility index (Phi) is 6.45. The first kappa shape index (κ1) is 22.3. The first-order chi connectivity index (χ1) is 15.4. The number of rotatable bonds is 8. The molecular formula is C22H30N6O4.